The SMILES string of the molecule is COc1cnc(Nc2nc(C)cc(NCC3COC3)n2)cc1-n1cc(CN(C)C)nn1. The zero-order valence-corrected chi connectivity index (χ0v) is 18.2. The Kier molecular flexibility index (Phi) is 6.23. The Bertz CT molecular complexity index is 1030. The van der Waals surface area contributed by atoms with E-state index in [0.29, 0.717) is 35.7 Å². The molecule has 3 aromatic heterocycles. The minimum absolute atomic E-state index is 0.461. The Morgan fingerprint density at radius 1 is 1.23 bits per heavy atom. The topological polar surface area (TPSA) is 115 Å². The molecule has 31 heavy (non-hydrogen) atoms. The highest BCUT2D eigenvalue weighted by atomic mass is 16.5. The molecule has 1 aliphatic heterocycles. The lowest BCUT2D eigenvalue weighted by Gasteiger charge is -2.26. The summed E-state index contributed by atoms with van der Waals surface area (Å²) in [5.74, 6) is 2.91. The van der Waals surface area contributed by atoms with Crippen molar-refractivity contribution >= 4 is 17.6 Å². The van der Waals surface area contributed by atoms with Crippen molar-refractivity contribution in [1.29, 1.82) is 0 Å². The zero-order chi connectivity index (χ0) is 21.8. The molecule has 0 aromatic carbocycles. The molecule has 3 aromatic rings. The van der Waals surface area contributed by atoms with Gasteiger partial charge in [-0.1, -0.05) is 5.21 Å². The van der Waals surface area contributed by atoms with Crippen molar-refractivity contribution in [3.05, 3.63) is 35.9 Å². The number of nitrogens with one attached hydrogen (secondary N) is 2. The summed E-state index contributed by atoms with van der Waals surface area (Å²) in [6.45, 7) is 5.03. The molecule has 11 heteroatoms. The van der Waals surface area contributed by atoms with Gasteiger partial charge in [0.15, 0.2) is 5.75 Å². The molecule has 0 amide bonds. The fourth-order valence-corrected chi connectivity index (χ4v) is 3.13. The lowest BCUT2D eigenvalue weighted by atomic mass is 10.1. The molecule has 1 saturated heterocycles. The molecule has 0 spiro atoms. The van der Waals surface area contributed by atoms with Crippen LogP contribution in [0.2, 0.25) is 0 Å². The van der Waals surface area contributed by atoms with Crippen molar-refractivity contribution in [2.45, 2.75) is 13.5 Å². The molecule has 2 N–H and O–H groups in total. The molecule has 11 nitrogen and oxygen atoms in total. The fourth-order valence-electron chi connectivity index (χ4n) is 3.13. The van der Waals surface area contributed by atoms with Gasteiger partial charge in [0.25, 0.3) is 0 Å². The van der Waals surface area contributed by atoms with E-state index in [9.17, 15) is 0 Å². The van der Waals surface area contributed by atoms with Gasteiger partial charge in [-0.15, -0.1) is 5.10 Å². The van der Waals surface area contributed by atoms with Crippen LogP contribution in [0.25, 0.3) is 5.69 Å². The number of rotatable bonds is 9. The molecule has 0 saturated carbocycles. The third-order valence-electron chi connectivity index (χ3n) is 4.71. The molecule has 0 atom stereocenters. The quantitative estimate of drug-likeness (QED) is 0.524. The molecule has 0 unspecified atom stereocenters. The number of methoxy groups -OCH3 is 1. The van der Waals surface area contributed by atoms with E-state index in [4.69, 9.17) is 9.47 Å². The largest absolute Gasteiger partial charge is 0.493 e. The molecule has 164 valence electrons. The lowest BCUT2D eigenvalue weighted by Crippen LogP contribution is -2.33. The first-order valence-electron chi connectivity index (χ1n) is 10.0. The molecular weight excluding hydrogens is 398 g/mol. The van der Waals surface area contributed by atoms with Crippen LogP contribution in [0.3, 0.4) is 0 Å². The third kappa shape index (κ3) is 5.25. The van der Waals surface area contributed by atoms with Gasteiger partial charge in [0.05, 0.1) is 38.4 Å². The average Bonchev–Trinajstić information content (AvgIpc) is 3.14. The summed E-state index contributed by atoms with van der Waals surface area (Å²) in [7, 11) is 5.57. The monoisotopic (exact) mass is 425 g/mol. The van der Waals surface area contributed by atoms with Crippen LogP contribution < -0.4 is 15.4 Å². The van der Waals surface area contributed by atoms with Crippen LogP contribution in [0.1, 0.15) is 11.4 Å². The Labute approximate surface area is 180 Å². The Balaban J connectivity index is 1.54. The predicted octanol–water partition coefficient (Wildman–Crippen LogP) is 1.63. The van der Waals surface area contributed by atoms with Crippen molar-refractivity contribution in [2.24, 2.45) is 5.92 Å². The molecule has 4 heterocycles. The molecule has 1 aliphatic rings. The first-order chi connectivity index (χ1) is 15.0. The van der Waals surface area contributed by atoms with Crippen LogP contribution in [0.4, 0.5) is 17.6 Å². The highest BCUT2D eigenvalue weighted by Gasteiger charge is 2.18. The predicted molar refractivity (Wildman–Crippen MR) is 116 cm³/mol. The Morgan fingerprint density at radius 2 is 2.06 bits per heavy atom. The van der Waals surface area contributed by atoms with E-state index in [1.807, 2.05) is 44.2 Å². The summed E-state index contributed by atoms with van der Waals surface area (Å²) >= 11 is 0. The molecule has 0 bridgehead atoms. The fraction of sp³-hybridized carbons (Fsp3) is 0.450. The summed E-state index contributed by atoms with van der Waals surface area (Å²) < 4.78 is 12.4. The second-order valence-electron chi connectivity index (χ2n) is 7.76. The molecule has 0 radical (unpaired) electrons. The lowest BCUT2D eigenvalue weighted by molar-refractivity contribution is -0.0248. The minimum atomic E-state index is 0.461. The van der Waals surface area contributed by atoms with Crippen LogP contribution in [0, 0.1) is 12.8 Å². The molecule has 0 aliphatic carbocycles. The van der Waals surface area contributed by atoms with Crippen molar-refractivity contribution in [2.75, 3.05) is 51.6 Å². The normalized spacial score (nSPS) is 13.8. The average molecular weight is 425 g/mol. The van der Waals surface area contributed by atoms with Crippen LogP contribution in [-0.4, -0.2) is 75.8 Å². The molecule has 1 fully saturated rings. The summed E-state index contributed by atoms with van der Waals surface area (Å²) in [5.41, 5.74) is 2.42. The van der Waals surface area contributed by atoms with E-state index in [2.05, 4.69) is 35.9 Å². The maximum Gasteiger partial charge on any atom is 0.230 e. The number of ether oxygens (including phenoxy) is 2. The second kappa shape index (κ2) is 9.23. The van der Waals surface area contributed by atoms with Crippen molar-refractivity contribution in [3.8, 4) is 11.4 Å². The number of aryl methyl sites for hydroxylation is 1. The maximum atomic E-state index is 5.46. The van der Waals surface area contributed by atoms with Gasteiger partial charge in [-0.3, -0.25) is 0 Å². The number of hydrogen-bond donors (Lipinski definition) is 2. The van der Waals surface area contributed by atoms with Crippen molar-refractivity contribution in [3.63, 3.8) is 0 Å². The van der Waals surface area contributed by atoms with E-state index in [0.717, 1.165) is 37.0 Å². The first-order valence-corrected chi connectivity index (χ1v) is 10.0. The van der Waals surface area contributed by atoms with Gasteiger partial charge >= 0.3 is 0 Å². The number of hydrogen-bond acceptors (Lipinski definition) is 10. The van der Waals surface area contributed by atoms with Gasteiger partial charge in [-0.05, 0) is 21.0 Å². The minimum Gasteiger partial charge on any atom is -0.493 e. The van der Waals surface area contributed by atoms with E-state index >= 15 is 0 Å². The number of pyridine rings is 1. The van der Waals surface area contributed by atoms with Gasteiger partial charge in [0, 0.05) is 36.8 Å². The smallest absolute Gasteiger partial charge is 0.230 e. The third-order valence-corrected chi connectivity index (χ3v) is 4.71. The van der Waals surface area contributed by atoms with Gasteiger partial charge < -0.3 is 25.0 Å². The van der Waals surface area contributed by atoms with Crippen LogP contribution in [-0.2, 0) is 11.3 Å². The highest BCUT2D eigenvalue weighted by Crippen LogP contribution is 2.25. The summed E-state index contributed by atoms with van der Waals surface area (Å²) in [6.07, 6.45) is 3.51. The molecule has 4 rings (SSSR count). The van der Waals surface area contributed by atoms with Crippen molar-refractivity contribution < 1.29 is 9.47 Å². The first kappa shape index (κ1) is 20.9. The number of anilines is 3. The number of nitrogens with zero attached hydrogens (tertiary/aromatic N) is 7. The van der Waals surface area contributed by atoms with Gasteiger partial charge in [-0.2, -0.15) is 4.98 Å². The van der Waals surface area contributed by atoms with Gasteiger partial charge in [0.2, 0.25) is 5.95 Å². The van der Waals surface area contributed by atoms with E-state index in [-0.39, 0.29) is 0 Å². The van der Waals surface area contributed by atoms with Gasteiger partial charge in [0.1, 0.15) is 17.3 Å². The van der Waals surface area contributed by atoms with E-state index in [1.54, 1.807) is 18.0 Å². The summed E-state index contributed by atoms with van der Waals surface area (Å²) in [5, 5.41) is 15.0. The maximum absolute atomic E-state index is 5.46. The Hall–Kier alpha value is -3.31. The van der Waals surface area contributed by atoms with Crippen molar-refractivity contribution in [1.82, 2.24) is 34.8 Å². The highest BCUT2D eigenvalue weighted by molar-refractivity contribution is 5.58. The second-order valence-corrected chi connectivity index (χ2v) is 7.76. The van der Waals surface area contributed by atoms with Crippen LogP contribution in [0.15, 0.2) is 24.5 Å². The standard InChI is InChI=1S/C20H27N9O2/c1-13-5-18(21-7-14-11-31-12-14)24-20(23-13)25-19-6-16(17(30-4)8-22-19)29-10-15(26-27-29)9-28(2)3/h5-6,8,10,14H,7,9,11-12H2,1-4H3,(H2,21,22,23,24,25). The van der Waals surface area contributed by atoms with Crippen LogP contribution >= 0.6 is 0 Å². The van der Waals surface area contributed by atoms with Gasteiger partial charge in [-0.25, -0.2) is 14.6 Å². The van der Waals surface area contributed by atoms with Crippen LogP contribution in [0.5, 0.6) is 5.75 Å². The summed E-state index contributed by atoms with van der Waals surface area (Å²) in [4.78, 5) is 15.5. The van der Waals surface area contributed by atoms with E-state index < -0.39 is 0 Å². The molecular formula is C20H27N9O2. The Morgan fingerprint density at radius 3 is 2.77 bits per heavy atom. The number of aromatic nitrogens is 6. The zero-order valence-electron chi connectivity index (χ0n) is 18.2. The van der Waals surface area contributed by atoms with E-state index in [1.165, 1.54) is 0 Å². The summed E-state index contributed by atoms with van der Waals surface area (Å²) in [6, 6.07) is 3.75.